The minimum atomic E-state index is -0.315. The first kappa shape index (κ1) is 18.2. The molecule has 126 valence electrons. The lowest BCUT2D eigenvalue weighted by Gasteiger charge is -2.11. The molecule has 7 heteroatoms. The maximum Gasteiger partial charge on any atom is 0.257 e. The summed E-state index contributed by atoms with van der Waals surface area (Å²) >= 11 is 10.8. The molecule has 0 radical (unpaired) electrons. The number of hydrogen-bond acceptors (Lipinski definition) is 4. The second-order valence-corrected chi connectivity index (χ2v) is 6.31. The van der Waals surface area contributed by atoms with E-state index in [1.807, 2.05) is 6.07 Å². The van der Waals surface area contributed by atoms with Crippen LogP contribution in [0.2, 0.25) is 5.15 Å². The molecular formula is C17H18ClN3O2S. The summed E-state index contributed by atoms with van der Waals surface area (Å²) in [6, 6.07) is 10.3. The van der Waals surface area contributed by atoms with Gasteiger partial charge >= 0.3 is 0 Å². The summed E-state index contributed by atoms with van der Waals surface area (Å²) in [6.45, 7) is 4.72. The van der Waals surface area contributed by atoms with Gasteiger partial charge in [0.05, 0.1) is 18.5 Å². The molecule has 1 heterocycles. The number of halogens is 1. The summed E-state index contributed by atoms with van der Waals surface area (Å²) in [7, 11) is 0. The number of aromatic nitrogens is 1. The Labute approximate surface area is 151 Å². The third-order valence-electron chi connectivity index (χ3n) is 2.89. The second-order valence-electron chi connectivity index (χ2n) is 5.51. The second kappa shape index (κ2) is 8.61. The van der Waals surface area contributed by atoms with Gasteiger partial charge in [-0.2, -0.15) is 0 Å². The molecule has 0 saturated carbocycles. The number of anilines is 1. The van der Waals surface area contributed by atoms with Crippen LogP contribution in [0.25, 0.3) is 0 Å². The summed E-state index contributed by atoms with van der Waals surface area (Å²) in [4.78, 5) is 16.2. The Morgan fingerprint density at radius 1 is 1.33 bits per heavy atom. The van der Waals surface area contributed by atoms with E-state index < -0.39 is 0 Å². The highest BCUT2D eigenvalue weighted by Crippen LogP contribution is 2.14. The standard InChI is InChI=1S/C17H18ClN3O2S/c1-11(2)10-23-14-5-3-4-12(8-14)16(22)21-17(24)20-13-6-7-15(18)19-9-13/h3-9,11H,10H2,1-2H3,(H2,20,21,22,24). The van der Waals surface area contributed by atoms with Crippen LogP contribution in [0.15, 0.2) is 42.6 Å². The topological polar surface area (TPSA) is 63.2 Å². The fraction of sp³-hybridized carbons (Fsp3) is 0.235. The van der Waals surface area contributed by atoms with Crippen molar-refractivity contribution in [3.8, 4) is 5.75 Å². The van der Waals surface area contributed by atoms with E-state index in [2.05, 4.69) is 29.5 Å². The van der Waals surface area contributed by atoms with E-state index >= 15 is 0 Å². The van der Waals surface area contributed by atoms with Crippen molar-refractivity contribution in [1.29, 1.82) is 0 Å². The van der Waals surface area contributed by atoms with Crippen LogP contribution in [0.4, 0.5) is 5.69 Å². The van der Waals surface area contributed by atoms with Crippen molar-refractivity contribution in [2.75, 3.05) is 11.9 Å². The zero-order valence-electron chi connectivity index (χ0n) is 13.4. The minimum absolute atomic E-state index is 0.178. The van der Waals surface area contributed by atoms with Crippen LogP contribution >= 0.6 is 23.8 Å². The summed E-state index contributed by atoms with van der Waals surface area (Å²) < 4.78 is 5.62. The quantitative estimate of drug-likeness (QED) is 0.623. The van der Waals surface area contributed by atoms with Crippen LogP contribution in [-0.2, 0) is 0 Å². The van der Waals surface area contributed by atoms with Crippen molar-refractivity contribution >= 4 is 40.5 Å². The Hall–Kier alpha value is -2.18. The Kier molecular flexibility index (Phi) is 6.52. The van der Waals surface area contributed by atoms with Crippen molar-refractivity contribution in [2.24, 2.45) is 5.92 Å². The third-order valence-corrected chi connectivity index (χ3v) is 3.32. The van der Waals surface area contributed by atoms with Gasteiger partial charge in [0.1, 0.15) is 10.9 Å². The number of carbonyl (C=O) groups excluding carboxylic acids is 1. The van der Waals surface area contributed by atoms with Gasteiger partial charge < -0.3 is 10.1 Å². The van der Waals surface area contributed by atoms with E-state index in [1.54, 1.807) is 30.3 Å². The van der Waals surface area contributed by atoms with E-state index in [4.69, 9.17) is 28.6 Å². The normalized spacial score (nSPS) is 10.3. The number of hydrogen-bond donors (Lipinski definition) is 2. The van der Waals surface area contributed by atoms with Gasteiger partial charge in [0, 0.05) is 5.56 Å². The average molecular weight is 364 g/mol. The minimum Gasteiger partial charge on any atom is -0.493 e. The molecule has 0 spiro atoms. The molecule has 0 fully saturated rings. The van der Waals surface area contributed by atoms with Crippen LogP contribution in [0, 0.1) is 5.92 Å². The lowest BCUT2D eigenvalue weighted by atomic mass is 10.2. The van der Waals surface area contributed by atoms with Gasteiger partial charge in [-0.05, 0) is 48.5 Å². The first-order valence-electron chi connectivity index (χ1n) is 7.41. The van der Waals surface area contributed by atoms with Gasteiger partial charge in [0.15, 0.2) is 5.11 Å². The van der Waals surface area contributed by atoms with E-state index in [-0.39, 0.29) is 11.0 Å². The van der Waals surface area contributed by atoms with Crippen LogP contribution in [0.1, 0.15) is 24.2 Å². The highest BCUT2D eigenvalue weighted by atomic mass is 35.5. The molecule has 5 nitrogen and oxygen atoms in total. The number of benzene rings is 1. The van der Waals surface area contributed by atoms with Crippen LogP contribution in [0.3, 0.4) is 0 Å². The van der Waals surface area contributed by atoms with Crippen molar-refractivity contribution in [3.05, 3.63) is 53.3 Å². The van der Waals surface area contributed by atoms with Crippen LogP contribution in [0.5, 0.6) is 5.75 Å². The maximum atomic E-state index is 12.3. The number of rotatable bonds is 5. The highest BCUT2D eigenvalue weighted by molar-refractivity contribution is 7.80. The molecule has 1 aromatic heterocycles. The number of carbonyl (C=O) groups is 1. The summed E-state index contributed by atoms with van der Waals surface area (Å²) in [5, 5.41) is 6.05. The fourth-order valence-corrected chi connectivity index (χ4v) is 2.10. The zero-order valence-corrected chi connectivity index (χ0v) is 14.9. The Morgan fingerprint density at radius 2 is 2.12 bits per heavy atom. The molecule has 2 N–H and O–H groups in total. The molecule has 24 heavy (non-hydrogen) atoms. The fourth-order valence-electron chi connectivity index (χ4n) is 1.78. The molecule has 2 rings (SSSR count). The first-order valence-corrected chi connectivity index (χ1v) is 8.19. The van der Waals surface area contributed by atoms with Crippen LogP contribution in [-0.4, -0.2) is 22.6 Å². The van der Waals surface area contributed by atoms with Gasteiger partial charge in [-0.1, -0.05) is 31.5 Å². The van der Waals surface area contributed by atoms with Gasteiger partial charge in [-0.15, -0.1) is 0 Å². The van der Waals surface area contributed by atoms with Crippen LogP contribution < -0.4 is 15.4 Å². The summed E-state index contributed by atoms with van der Waals surface area (Å²) in [5.41, 5.74) is 1.10. The molecule has 1 aromatic carbocycles. The lowest BCUT2D eigenvalue weighted by molar-refractivity contribution is 0.0977. The van der Waals surface area contributed by atoms with Gasteiger partial charge in [-0.3, -0.25) is 10.1 Å². The summed E-state index contributed by atoms with van der Waals surface area (Å²) in [5.74, 6) is 0.744. The molecule has 1 amide bonds. The maximum absolute atomic E-state index is 12.3. The van der Waals surface area contributed by atoms with Crippen molar-refractivity contribution < 1.29 is 9.53 Å². The average Bonchev–Trinajstić information content (AvgIpc) is 2.55. The molecule has 0 aliphatic carbocycles. The molecule has 2 aromatic rings. The largest absolute Gasteiger partial charge is 0.493 e. The molecule has 0 saturated heterocycles. The Morgan fingerprint density at radius 3 is 2.79 bits per heavy atom. The van der Waals surface area contributed by atoms with E-state index in [9.17, 15) is 4.79 Å². The number of thiocarbonyl (C=S) groups is 1. The predicted octanol–water partition coefficient (Wildman–Crippen LogP) is 3.90. The molecule has 0 bridgehead atoms. The molecule has 0 aliphatic heterocycles. The predicted molar refractivity (Wildman–Crippen MR) is 99.7 cm³/mol. The number of pyridine rings is 1. The van der Waals surface area contributed by atoms with Crippen molar-refractivity contribution in [2.45, 2.75) is 13.8 Å². The Balaban J connectivity index is 1.94. The highest BCUT2D eigenvalue weighted by Gasteiger charge is 2.09. The van der Waals surface area contributed by atoms with Crippen molar-refractivity contribution in [1.82, 2.24) is 10.3 Å². The van der Waals surface area contributed by atoms with E-state index in [0.717, 1.165) is 0 Å². The van der Waals surface area contributed by atoms with E-state index in [1.165, 1.54) is 6.20 Å². The molecule has 0 atom stereocenters. The molecule has 0 aliphatic rings. The zero-order chi connectivity index (χ0) is 17.5. The van der Waals surface area contributed by atoms with Gasteiger partial charge in [0.25, 0.3) is 5.91 Å². The van der Waals surface area contributed by atoms with Crippen molar-refractivity contribution in [3.63, 3.8) is 0 Å². The number of amides is 1. The molecule has 0 unspecified atom stereocenters. The SMILES string of the molecule is CC(C)COc1cccc(C(=O)NC(=S)Nc2ccc(Cl)nc2)c1. The first-order chi connectivity index (χ1) is 11.4. The Bertz CT molecular complexity index is 720. The monoisotopic (exact) mass is 363 g/mol. The van der Waals surface area contributed by atoms with Gasteiger partial charge in [0.2, 0.25) is 0 Å². The summed E-state index contributed by atoms with van der Waals surface area (Å²) in [6.07, 6.45) is 1.53. The number of nitrogens with zero attached hydrogens (tertiary/aromatic N) is 1. The third kappa shape index (κ3) is 5.79. The lowest BCUT2D eigenvalue weighted by Crippen LogP contribution is -2.34. The number of nitrogens with one attached hydrogen (secondary N) is 2. The van der Waals surface area contributed by atoms with Gasteiger partial charge in [-0.25, -0.2) is 4.98 Å². The number of ether oxygens (including phenoxy) is 1. The molecular weight excluding hydrogens is 346 g/mol. The smallest absolute Gasteiger partial charge is 0.257 e. The van der Waals surface area contributed by atoms with E-state index in [0.29, 0.717) is 34.7 Å².